The Balaban J connectivity index is 1.49. The summed E-state index contributed by atoms with van der Waals surface area (Å²) in [6.45, 7) is 7.82. The number of rotatable bonds is 5. The molecular formula is C25H32N2O2. The van der Waals surface area contributed by atoms with Crippen molar-refractivity contribution < 1.29 is 9.59 Å². The Bertz CT molecular complexity index is 831. The van der Waals surface area contributed by atoms with Crippen LogP contribution in [0, 0.1) is 5.92 Å². The molecular weight excluding hydrogens is 360 g/mol. The average Bonchev–Trinajstić information content (AvgIpc) is 2.69. The normalized spacial score (nSPS) is 15.2. The van der Waals surface area contributed by atoms with Crippen LogP contribution in [0.3, 0.4) is 0 Å². The number of anilines is 1. The Hall–Kier alpha value is -2.62. The van der Waals surface area contributed by atoms with E-state index in [-0.39, 0.29) is 23.7 Å². The number of piperidine rings is 1. The van der Waals surface area contributed by atoms with Gasteiger partial charge in [-0.3, -0.25) is 9.59 Å². The van der Waals surface area contributed by atoms with Crippen LogP contribution >= 0.6 is 0 Å². The summed E-state index contributed by atoms with van der Waals surface area (Å²) in [6, 6.07) is 18.3. The average molecular weight is 393 g/mol. The minimum Gasteiger partial charge on any atom is -0.342 e. The Kier molecular flexibility index (Phi) is 6.73. The van der Waals surface area contributed by atoms with E-state index >= 15 is 0 Å². The molecule has 3 rings (SSSR count). The number of hydrogen-bond donors (Lipinski definition) is 1. The van der Waals surface area contributed by atoms with E-state index in [1.54, 1.807) is 0 Å². The molecule has 0 aliphatic carbocycles. The van der Waals surface area contributed by atoms with Crippen LogP contribution in [0.25, 0.3) is 0 Å². The summed E-state index contributed by atoms with van der Waals surface area (Å²) in [7, 11) is 0. The number of nitrogens with one attached hydrogen (secondary N) is 1. The highest BCUT2D eigenvalue weighted by Crippen LogP contribution is 2.29. The smallest absolute Gasteiger partial charge is 0.233 e. The lowest BCUT2D eigenvalue weighted by molar-refractivity contribution is -0.135. The third-order valence-corrected chi connectivity index (χ3v) is 5.66. The number of para-hydroxylation sites is 1. The minimum atomic E-state index is -0.238. The molecule has 0 radical (unpaired) electrons. The molecule has 0 aromatic heterocycles. The predicted molar refractivity (Wildman–Crippen MR) is 118 cm³/mol. The number of nitrogens with zero attached hydrogens (tertiary/aromatic N) is 1. The maximum atomic E-state index is 12.6. The second-order valence-corrected chi connectivity index (χ2v) is 9.03. The summed E-state index contributed by atoms with van der Waals surface area (Å²) in [6.07, 6.45) is 2.96. The van der Waals surface area contributed by atoms with Gasteiger partial charge in [-0.05, 0) is 47.8 Å². The molecule has 0 saturated carbocycles. The number of benzene rings is 2. The molecule has 1 aliphatic heterocycles. The van der Waals surface area contributed by atoms with Crippen molar-refractivity contribution in [3.05, 3.63) is 65.7 Å². The van der Waals surface area contributed by atoms with Gasteiger partial charge in [-0.2, -0.15) is 0 Å². The molecule has 0 atom stereocenters. The van der Waals surface area contributed by atoms with Gasteiger partial charge in [0.25, 0.3) is 0 Å². The molecule has 2 aromatic carbocycles. The Morgan fingerprint density at radius 1 is 0.966 bits per heavy atom. The molecule has 4 nitrogen and oxygen atoms in total. The molecule has 0 spiro atoms. The first-order valence-corrected chi connectivity index (χ1v) is 10.5. The monoisotopic (exact) mass is 392 g/mol. The van der Waals surface area contributed by atoms with Gasteiger partial charge in [-0.1, -0.05) is 69.3 Å². The van der Waals surface area contributed by atoms with Gasteiger partial charge in [0.2, 0.25) is 11.8 Å². The van der Waals surface area contributed by atoms with E-state index in [4.69, 9.17) is 0 Å². The van der Waals surface area contributed by atoms with E-state index in [9.17, 15) is 9.59 Å². The van der Waals surface area contributed by atoms with Crippen LogP contribution in [0.5, 0.6) is 0 Å². The number of carbonyl (C=O) groups excluding carboxylic acids is 2. The van der Waals surface area contributed by atoms with Gasteiger partial charge in [0.1, 0.15) is 6.42 Å². The summed E-state index contributed by atoms with van der Waals surface area (Å²) in [4.78, 5) is 26.9. The topological polar surface area (TPSA) is 49.4 Å². The fourth-order valence-corrected chi connectivity index (χ4v) is 4.02. The van der Waals surface area contributed by atoms with Crippen molar-refractivity contribution in [3.63, 3.8) is 0 Å². The van der Waals surface area contributed by atoms with Gasteiger partial charge in [0.15, 0.2) is 0 Å². The molecule has 2 amide bonds. The summed E-state index contributed by atoms with van der Waals surface area (Å²) >= 11 is 0. The molecule has 2 aromatic rings. The van der Waals surface area contributed by atoms with Crippen LogP contribution in [0.15, 0.2) is 54.6 Å². The van der Waals surface area contributed by atoms with Gasteiger partial charge >= 0.3 is 0 Å². The standard InChI is InChI=1S/C25H32N2O2/c1-25(2,3)21-11-7-8-12-22(21)26-23(28)18-24(29)27-15-13-20(14-16-27)17-19-9-5-4-6-10-19/h4-12,20H,13-18H2,1-3H3,(H,26,28). The van der Waals surface area contributed by atoms with Crippen molar-refractivity contribution in [2.75, 3.05) is 18.4 Å². The van der Waals surface area contributed by atoms with Crippen LogP contribution in [-0.2, 0) is 21.4 Å². The lowest BCUT2D eigenvalue weighted by Gasteiger charge is -2.32. The summed E-state index contributed by atoms with van der Waals surface area (Å²) in [5.41, 5.74) is 3.14. The first-order valence-electron chi connectivity index (χ1n) is 10.5. The molecule has 1 aliphatic rings. The maximum absolute atomic E-state index is 12.6. The minimum absolute atomic E-state index is 0.0749. The highest BCUT2D eigenvalue weighted by Gasteiger charge is 2.25. The molecule has 4 heteroatoms. The van der Waals surface area contributed by atoms with Crippen LogP contribution in [-0.4, -0.2) is 29.8 Å². The van der Waals surface area contributed by atoms with Crippen molar-refractivity contribution in [2.24, 2.45) is 5.92 Å². The third kappa shape index (κ3) is 5.93. The van der Waals surface area contributed by atoms with Crippen molar-refractivity contribution >= 4 is 17.5 Å². The van der Waals surface area contributed by atoms with Gasteiger partial charge in [0, 0.05) is 18.8 Å². The van der Waals surface area contributed by atoms with Crippen molar-refractivity contribution in [1.29, 1.82) is 0 Å². The number of carbonyl (C=O) groups is 2. The lowest BCUT2D eigenvalue weighted by Crippen LogP contribution is -2.40. The third-order valence-electron chi connectivity index (χ3n) is 5.66. The van der Waals surface area contributed by atoms with Crippen LogP contribution in [0.1, 0.15) is 51.2 Å². The Morgan fingerprint density at radius 2 is 1.59 bits per heavy atom. The maximum Gasteiger partial charge on any atom is 0.233 e. The number of amides is 2. The largest absolute Gasteiger partial charge is 0.342 e. The molecule has 0 unspecified atom stereocenters. The fourth-order valence-electron chi connectivity index (χ4n) is 4.02. The van der Waals surface area contributed by atoms with Crippen LogP contribution in [0.4, 0.5) is 5.69 Å². The van der Waals surface area contributed by atoms with Gasteiger partial charge < -0.3 is 10.2 Å². The number of hydrogen-bond acceptors (Lipinski definition) is 2. The summed E-state index contributed by atoms with van der Waals surface area (Å²) in [5.74, 6) is 0.293. The van der Waals surface area contributed by atoms with Crippen LogP contribution < -0.4 is 5.32 Å². The van der Waals surface area contributed by atoms with Gasteiger partial charge in [-0.15, -0.1) is 0 Å². The van der Waals surface area contributed by atoms with E-state index in [0.29, 0.717) is 5.92 Å². The van der Waals surface area contributed by atoms with E-state index in [1.165, 1.54) is 5.56 Å². The molecule has 1 fully saturated rings. The van der Waals surface area contributed by atoms with E-state index < -0.39 is 0 Å². The molecule has 1 heterocycles. The van der Waals surface area contributed by atoms with E-state index in [1.807, 2.05) is 35.2 Å². The Morgan fingerprint density at radius 3 is 2.24 bits per heavy atom. The summed E-state index contributed by atoms with van der Waals surface area (Å²) in [5, 5.41) is 2.94. The molecule has 154 valence electrons. The zero-order valence-corrected chi connectivity index (χ0v) is 17.8. The molecule has 1 saturated heterocycles. The van der Waals surface area contributed by atoms with Gasteiger partial charge in [0.05, 0.1) is 0 Å². The quantitative estimate of drug-likeness (QED) is 0.744. The highest BCUT2D eigenvalue weighted by atomic mass is 16.2. The summed E-state index contributed by atoms with van der Waals surface area (Å²) < 4.78 is 0. The van der Waals surface area contributed by atoms with Gasteiger partial charge in [-0.25, -0.2) is 0 Å². The van der Waals surface area contributed by atoms with E-state index in [2.05, 4.69) is 50.4 Å². The molecule has 1 N–H and O–H groups in total. The highest BCUT2D eigenvalue weighted by molar-refractivity contribution is 6.04. The second kappa shape index (κ2) is 9.25. The second-order valence-electron chi connectivity index (χ2n) is 9.03. The van der Waals surface area contributed by atoms with Crippen molar-refractivity contribution in [2.45, 2.75) is 51.9 Å². The zero-order chi connectivity index (χ0) is 20.9. The molecule has 29 heavy (non-hydrogen) atoms. The van der Waals surface area contributed by atoms with Crippen molar-refractivity contribution in [1.82, 2.24) is 4.90 Å². The van der Waals surface area contributed by atoms with Crippen LogP contribution in [0.2, 0.25) is 0 Å². The predicted octanol–water partition coefficient (Wildman–Crippen LogP) is 4.79. The SMILES string of the molecule is CC(C)(C)c1ccccc1NC(=O)CC(=O)N1CCC(Cc2ccccc2)CC1. The first kappa shape index (κ1) is 21.1. The zero-order valence-electron chi connectivity index (χ0n) is 17.8. The molecule has 0 bridgehead atoms. The van der Waals surface area contributed by atoms with E-state index in [0.717, 1.165) is 43.6 Å². The van der Waals surface area contributed by atoms with Crippen molar-refractivity contribution in [3.8, 4) is 0 Å². The lowest BCUT2D eigenvalue weighted by atomic mass is 9.86. The fraction of sp³-hybridized carbons (Fsp3) is 0.440. The number of likely N-dealkylation sites (tertiary alicyclic amines) is 1. The Labute approximate surface area is 174 Å². The first-order chi connectivity index (χ1) is 13.8.